The molecule has 0 amide bonds. The molecule has 0 aliphatic heterocycles. The van der Waals surface area contributed by atoms with E-state index in [9.17, 15) is 19.7 Å². The Morgan fingerprint density at radius 2 is 1.66 bits per heavy atom. The standard InChI is InChI=1S/C24H19NO7/c1-30-19-11-12-21(23(15-19)31-2)22(26)13-6-16-4-3-5-20(14-16)32-24(27)17-7-9-18(10-8-17)25(28)29/h3-15H,1-2H3/b13-6+. The summed E-state index contributed by atoms with van der Waals surface area (Å²) in [7, 11) is 3.00. The summed E-state index contributed by atoms with van der Waals surface area (Å²) in [6.07, 6.45) is 2.98. The summed E-state index contributed by atoms with van der Waals surface area (Å²) < 4.78 is 15.7. The second kappa shape index (κ2) is 10.0. The number of ketones is 1. The summed E-state index contributed by atoms with van der Waals surface area (Å²) in [5.74, 6) is 0.317. The first-order chi connectivity index (χ1) is 15.4. The summed E-state index contributed by atoms with van der Waals surface area (Å²) in [6, 6.07) is 16.6. The van der Waals surface area contributed by atoms with E-state index in [4.69, 9.17) is 14.2 Å². The molecule has 3 aromatic rings. The van der Waals surface area contributed by atoms with Crippen LogP contribution in [0.2, 0.25) is 0 Å². The van der Waals surface area contributed by atoms with E-state index in [1.807, 2.05) is 0 Å². The number of benzene rings is 3. The topological polar surface area (TPSA) is 105 Å². The van der Waals surface area contributed by atoms with Crippen LogP contribution in [0.3, 0.4) is 0 Å². The van der Waals surface area contributed by atoms with E-state index in [0.29, 0.717) is 22.6 Å². The number of methoxy groups -OCH3 is 2. The van der Waals surface area contributed by atoms with Crippen molar-refractivity contribution in [3.63, 3.8) is 0 Å². The van der Waals surface area contributed by atoms with Crippen LogP contribution in [-0.2, 0) is 0 Å². The highest BCUT2D eigenvalue weighted by atomic mass is 16.6. The Morgan fingerprint density at radius 3 is 2.31 bits per heavy atom. The van der Waals surface area contributed by atoms with Crippen LogP contribution in [0, 0.1) is 10.1 Å². The number of nitro groups is 1. The first-order valence-corrected chi connectivity index (χ1v) is 9.42. The minimum atomic E-state index is -0.653. The Kier molecular flexibility index (Phi) is 6.97. The molecule has 0 saturated carbocycles. The van der Waals surface area contributed by atoms with Gasteiger partial charge >= 0.3 is 5.97 Å². The molecule has 0 radical (unpaired) electrons. The highest BCUT2D eigenvalue weighted by Crippen LogP contribution is 2.25. The van der Waals surface area contributed by atoms with Gasteiger partial charge in [-0.2, -0.15) is 0 Å². The lowest BCUT2D eigenvalue weighted by atomic mass is 10.1. The van der Waals surface area contributed by atoms with Crippen LogP contribution in [0.5, 0.6) is 17.2 Å². The van der Waals surface area contributed by atoms with Gasteiger partial charge in [0.1, 0.15) is 17.2 Å². The quantitative estimate of drug-likeness (QED) is 0.126. The van der Waals surface area contributed by atoms with Crippen molar-refractivity contribution >= 4 is 23.5 Å². The van der Waals surface area contributed by atoms with E-state index in [2.05, 4.69) is 0 Å². The van der Waals surface area contributed by atoms with Crippen LogP contribution < -0.4 is 14.2 Å². The van der Waals surface area contributed by atoms with Gasteiger partial charge in [0.25, 0.3) is 5.69 Å². The molecule has 3 rings (SSSR count). The molecule has 0 N–H and O–H groups in total. The zero-order valence-corrected chi connectivity index (χ0v) is 17.3. The number of non-ortho nitro benzene ring substituents is 1. The van der Waals surface area contributed by atoms with E-state index < -0.39 is 10.9 Å². The first kappa shape index (κ1) is 22.2. The average molecular weight is 433 g/mol. The highest BCUT2D eigenvalue weighted by Gasteiger charge is 2.13. The van der Waals surface area contributed by atoms with E-state index in [1.165, 1.54) is 44.6 Å². The molecule has 0 spiro atoms. The highest BCUT2D eigenvalue weighted by molar-refractivity contribution is 6.08. The molecule has 0 aliphatic carbocycles. The molecule has 0 saturated heterocycles. The van der Waals surface area contributed by atoms with Crippen molar-refractivity contribution in [2.75, 3.05) is 14.2 Å². The van der Waals surface area contributed by atoms with Gasteiger partial charge in [0.05, 0.1) is 30.3 Å². The fourth-order valence-electron chi connectivity index (χ4n) is 2.83. The van der Waals surface area contributed by atoms with Crippen molar-refractivity contribution in [2.24, 2.45) is 0 Å². The second-order valence-corrected chi connectivity index (χ2v) is 6.53. The van der Waals surface area contributed by atoms with Gasteiger partial charge in [-0.1, -0.05) is 18.2 Å². The lowest BCUT2D eigenvalue weighted by molar-refractivity contribution is -0.384. The molecule has 162 valence electrons. The normalized spacial score (nSPS) is 10.6. The van der Waals surface area contributed by atoms with Gasteiger partial charge in [0, 0.05) is 18.2 Å². The molecule has 0 unspecified atom stereocenters. The molecule has 0 bridgehead atoms. The van der Waals surface area contributed by atoms with Gasteiger partial charge in [-0.3, -0.25) is 14.9 Å². The zero-order valence-electron chi connectivity index (χ0n) is 17.3. The molecule has 3 aromatic carbocycles. The van der Waals surface area contributed by atoms with Crippen LogP contribution in [0.15, 0.2) is 72.8 Å². The summed E-state index contributed by atoms with van der Waals surface area (Å²) >= 11 is 0. The predicted octanol–water partition coefficient (Wildman–Crippen LogP) is 4.73. The molecule has 32 heavy (non-hydrogen) atoms. The minimum Gasteiger partial charge on any atom is -0.497 e. The number of ether oxygens (including phenoxy) is 3. The van der Waals surface area contributed by atoms with Gasteiger partial charge in [-0.05, 0) is 48.0 Å². The molecule has 0 fully saturated rings. The fraction of sp³-hybridized carbons (Fsp3) is 0.0833. The number of rotatable bonds is 8. The third-order valence-corrected chi connectivity index (χ3v) is 4.48. The van der Waals surface area contributed by atoms with Gasteiger partial charge in [0.15, 0.2) is 5.78 Å². The van der Waals surface area contributed by atoms with E-state index in [-0.39, 0.29) is 22.8 Å². The number of nitro benzene ring substituents is 1. The summed E-state index contributed by atoms with van der Waals surface area (Å²) in [6.45, 7) is 0. The number of esters is 1. The Hall–Kier alpha value is -4.46. The van der Waals surface area contributed by atoms with Crippen molar-refractivity contribution in [3.05, 3.63) is 99.6 Å². The third-order valence-electron chi connectivity index (χ3n) is 4.48. The van der Waals surface area contributed by atoms with E-state index >= 15 is 0 Å². The van der Waals surface area contributed by atoms with E-state index in [0.717, 1.165) is 0 Å². The Bertz CT molecular complexity index is 1180. The van der Waals surface area contributed by atoms with Crippen molar-refractivity contribution in [1.82, 2.24) is 0 Å². The van der Waals surface area contributed by atoms with Crippen LogP contribution in [0.4, 0.5) is 5.69 Å². The molecule has 8 heteroatoms. The second-order valence-electron chi connectivity index (χ2n) is 6.53. The van der Waals surface area contributed by atoms with Gasteiger partial charge in [0.2, 0.25) is 0 Å². The van der Waals surface area contributed by atoms with E-state index in [1.54, 1.807) is 48.5 Å². The van der Waals surface area contributed by atoms with Gasteiger partial charge in [-0.25, -0.2) is 4.79 Å². The average Bonchev–Trinajstić information content (AvgIpc) is 2.82. The van der Waals surface area contributed by atoms with Crippen LogP contribution in [0.25, 0.3) is 6.08 Å². The van der Waals surface area contributed by atoms with Crippen molar-refractivity contribution < 1.29 is 28.7 Å². The molecular formula is C24H19NO7. The number of hydrogen-bond donors (Lipinski definition) is 0. The summed E-state index contributed by atoms with van der Waals surface area (Å²) in [5.41, 5.74) is 1.08. The third kappa shape index (κ3) is 5.37. The number of carbonyl (C=O) groups is 2. The van der Waals surface area contributed by atoms with Crippen molar-refractivity contribution in [3.8, 4) is 17.2 Å². The lowest BCUT2D eigenvalue weighted by Crippen LogP contribution is -2.08. The smallest absolute Gasteiger partial charge is 0.343 e. The van der Waals surface area contributed by atoms with Gasteiger partial charge in [-0.15, -0.1) is 0 Å². The predicted molar refractivity (Wildman–Crippen MR) is 117 cm³/mol. The van der Waals surface area contributed by atoms with Crippen molar-refractivity contribution in [1.29, 1.82) is 0 Å². The SMILES string of the molecule is COc1ccc(C(=O)/C=C/c2cccc(OC(=O)c3ccc([N+](=O)[O-])cc3)c2)c(OC)c1. The maximum atomic E-state index is 12.6. The monoisotopic (exact) mass is 433 g/mol. The number of hydrogen-bond acceptors (Lipinski definition) is 7. The molecule has 0 heterocycles. The zero-order chi connectivity index (χ0) is 23.1. The summed E-state index contributed by atoms with van der Waals surface area (Å²) in [4.78, 5) is 35.0. The molecule has 0 aliphatic rings. The maximum Gasteiger partial charge on any atom is 0.343 e. The maximum absolute atomic E-state index is 12.6. The Morgan fingerprint density at radius 1 is 0.906 bits per heavy atom. The van der Waals surface area contributed by atoms with Crippen LogP contribution in [-0.4, -0.2) is 30.9 Å². The van der Waals surface area contributed by atoms with Crippen LogP contribution >= 0.6 is 0 Å². The molecular weight excluding hydrogens is 414 g/mol. The Balaban J connectivity index is 1.72. The summed E-state index contributed by atoms with van der Waals surface area (Å²) in [5, 5.41) is 10.7. The number of carbonyl (C=O) groups excluding carboxylic acids is 2. The van der Waals surface area contributed by atoms with Crippen LogP contribution in [0.1, 0.15) is 26.3 Å². The number of nitrogens with zero attached hydrogens (tertiary/aromatic N) is 1. The lowest BCUT2D eigenvalue weighted by Gasteiger charge is -2.08. The molecule has 0 aromatic heterocycles. The fourth-order valence-corrected chi connectivity index (χ4v) is 2.83. The Labute approximate surface area is 183 Å². The molecule has 0 atom stereocenters. The van der Waals surface area contributed by atoms with Gasteiger partial charge < -0.3 is 14.2 Å². The molecule has 8 nitrogen and oxygen atoms in total. The number of allylic oxidation sites excluding steroid dienone is 1. The largest absolute Gasteiger partial charge is 0.497 e. The van der Waals surface area contributed by atoms with Crippen molar-refractivity contribution in [2.45, 2.75) is 0 Å². The first-order valence-electron chi connectivity index (χ1n) is 9.42. The minimum absolute atomic E-state index is 0.119.